The highest BCUT2D eigenvalue weighted by Gasteiger charge is 2.35. The topological polar surface area (TPSA) is 82.5 Å². The minimum absolute atomic E-state index is 0.311. The van der Waals surface area contributed by atoms with Crippen molar-refractivity contribution in [3.8, 4) is 0 Å². The maximum Gasteiger partial charge on any atom is 0.326 e. The zero-order chi connectivity index (χ0) is 15.2. The van der Waals surface area contributed by atoms with Crippen molar-refractivity contribution in [3.63, 3.8) is 0 Å². The number of aromatic nitrogens is 1. The van der Waals surface area contributed by atoms with E-state index < -0.39 is 12.0 Å². The highest BCUT2D eigenvalue weighted by Crippen LogP contribution is 2.25. The Labute approximate surface area is 124 Å². The van der Waals surface area contributed by atoms with Gasteiger partial charge in [0.15, 0.2) is 0 Å². The summed E-state index contributed by atoms with van der Waals surface area (Å²) in [6.07, 6.45) is 5.68. The molecule has 2 unspecified atom stereocenters. The molecule has 21 heavy (non-hydrogen) atoms. The molecule has 1 aliphatic heterocycles. The molecule has 0 radical (unpaired) electrons. The number of hydrogen-bond donors (Lipinski definition) is 2. The average Bonchev–Trinajstić information content (AvgIpc) is 2.52. The van der Waals surface area contributed by atoms with E-state index in [-0.39, 0.29) is 6.03 Å². The van der Waals surface area contributed by atoms with Crippen LogP contribution in [0.5, 0.6) is 0 Å². The Hall–Kier alpha value is -2.11. The second-order valence-electron chi connectivity index (χ2n) is 5.36. The Bertz CT molecular complexity index is 492. The van der Waals surface area contributed by atoms with Gasteiger partial charge < -0.3 is 15.3 Å². The molecule has 0 aliphatic carbocycles. The molecule has 0 saturated carbocycles. The summed E-state index contributed by atoms with van der Waals surface area (Å²) in [4.78, 5) is 28.9. The largest absolute Gasteiger partial charge is 0.480 e. The Morgan fingerprint density at radius 1 is 1.43 bits per heavy atom. The van der Waals surface area contributed by atoms with Gasteiger partial charge in [-0.15, -0.1) is 0 Å². The standard InChI is InChI=1S/C15H21N3O3/c1-2-11-5-8-18(13(9-11)14(19)20)15(21)17-10-12-3-6-16-7-4-12/h3-4,6-7,11,13H,2,5,8-10H2,1H3,(H,17,21)(H,19,20). The molecule has 2 N–H and O–H groups in total. The summed E-state index contributed by atoms with van der Waals surface area (Å²) < 4.78 is 0. The van der Waals surface area contributed by atoms with Gasteiger partial charge in [0.2, 0.25) is 0 Å². The summed E-state index contributed by atoms with van der Waals surface area (Å²) in [7, 11) is 0. The lowest BCUT2D eigenvalue weighted by atomic mass is 9.89. The molecule has 6 heteroatoms. The van der Waals surface area contributed by atoms with Crippen molar-refractivity contribution >= 4 is 12.0 Å². The van der Waals surface area contributed by atoms with Crippen LogP contribution < -0.4 is 5.32 Å². The number of carboxylic acid groups (broad SMARTS) is 1. The third-order valence-corrected chi connectivity index (χ3v) is 4.03. The van der Waals surface area contributed by atoms with Gasteiger partial charge in [-0.1, -0.05) is 13.3 Å². The van der Waals surface area contributed by atoms with Crippen LogP contribution >= 0.6 is 0 Å². The van der Waals surface area contributed by atoms with E-state index in [4.69, 9.17) is 0 Å². The lowest BCUT2D eigenvalue weighted by molar-refractivity contribution is -0.144. The Balaban J connectivity index is 1.95. The van der Waals surface area contributed by atoms with Gasteiger partial charge in [0, 0.05) is 25.5 Å². The van der Waals surface area contributed by atoms with Crippen LogP contribution in [0.2, 0.25) is 0 Å². The quantitative estimate of drug-likeness (QED) is 0.887. The van der Waals surface area contributed by atoms with Crippen molar-refractivity contribution in [1.29, 1.82) is 0 Å². The number of likely N-dealkylation sites (tertiary alicyclic amines) is 1. The first-order valence-corrected chi connectivity index (χ1v) is 7.28. The fourth-order valence-electron chi connectivity index (χ4n) is 2.67. The van der Waals surface area contributed by atoms with Crippen LogP contribution in [-0.4, -0.2) is 39.6 Å². The number of carboxylic acids is 1. The predicted octanol–water partition coefficient (Wildman–Crippen LogP) is 1.87. The van der Waals surface area contributed by atoms with Gasteiger partial charge in [-0.2, -0.15) is 0 Å². The number of hydrogen-bond acceptors (Lipinski definition) is 3. The number of rotatable bonds is 4. The van der Waals surface area contributed by atoms with Gasteiger partial charge in [-0.3, -0.25) is 4.98 Å². The molecular formula is C15H21N3O3. The normalized spacial score (nSPS) is 21.9. The van der Waals surface area contributed by atoms with E-state index in [1.165, 1.54) is 4.90 Å². The van der Waals surface area contributed by atoms with E-state index in [1.807, 2.05) is 12.1 Å². The van der Waals surface area contributed by atoms with Crippen molar-refractivity contribution in [2.75, 3.05) is 6.54 Å². The molecule has 1 saturated heterocycles. The highest BCUT2D eigenvalue weighted by molar-refractivity contribution is 5.82. The molecule has 2 heterocycles. The molecule has 1 fully saturated rings. The second-order valence-corrected chi connectivity index (χ2v) is 5.36. The van der Waals surface area contributed by atoms with Crippen molar-refractivity contribution in [2.45, 2.75) is 38.8 Å². The number of nitrogens with one attached hydrogen (secondary N) is 1. The summed E-state index contributed by atoms with van der Waals surface area (Å²) in [5.41, 5.74) is 0.939. The third kappa shape index (κ3) is 3.93. The molecule has 2 rings (SSSR count). The molecular weight excluding hydrogens is 270 g/mol. The molecule has 1 aromatic heterocycles. The van der Waals surface area contributed by atoms with Gasteiger partial charge in [0.25, 0.3) is 0 Å². The molecule has 0 bridgehead atoms. The zero-order valence-electron chi connectivity index (χ0n) is 12.2. The van der Waals surface area contributed by atoms with Crippen LogP contribution in [0.15, 0.2) is 24.5 Å². The van der Waals surface area contributed by atoms with Crippen LogP contribution in [0.25, 0.3) is 0 Å². The second kappa shape index (κ2) is 7.06. The number of pyridine rings is 1. The highest BCUT2D eigenvalue weighted by atomic mass is 16.4. The number of piperidine rings is 1. The van der Waals surface area contributed by atoms with E-state index in [1.54, 1.807) is 12.4 Å². The molecule has 114 valence electrons. The van der Waals surface area contributed by atoms with E-state index in [9.17, 15) is 14.7 Å². The molecule has 2 atom stereocenters. The van der Waals surface area contributed by atoms with Gasteiger partial charge in [-0.25, -0.2) is 9.59 Å². The first-order chi connectivity index (χ1) is 10.1. The molecule has 6 nitrogen and oxygen atoms in total. The first kappa shape index (κ1) is 15.3. The Kier molecular flexibility index (Phi) is 5.14. The lowest BCUT2D eigenvalue weighted by Gasteiger charge is -2.36. The van der Waals surface area contributed by atoms with Gasteiger partial charge in [-0.05, 0) is 36.5 Å². The maximum absolute atomic E-state index is 12.2. The van der Waals surface area contributed by atoms with Crippen molar-refractivity contribution < 1.29 is 14.7 Å². The number of urea groups is 1. The minimum atomic E-state index is -0.924. The summed E-state index contributed by atoms with van der Waals surface area (Å²) in [6.45, 7) is 2.93. The van der Waals surface area contributed by atoms with E-state index >= 15 is 0 Å². The Morgan fingerprint density at radius 3 is 2.76 bits per heavy atom. The average molecular weight is 291 g/mol. The first-order valence-electron chi connectivity index (χ1n) is 7.28. The molecule has 1 aromatic rings. The number of aliphatic carboxylic acids is 1. The summed E-state index contributed by atoms with van der Waals surface area (Å²) in [5, 5.41) is 12.1. The predicted molar refractivity (Wildman–Crippen MR) is 77.6 cm³/mol. The van der Waals surface area contributed by atoms with Crippen LogP contribution in [-0.2, 0) is 11.3 Å². The molecule has 0 spiro atoms. The number of carbonyl (C=O) groups is 2. The van der Waals surface area contributed by atoms with Crippen LogP contribution in [0, 0.1) is 5.92 Å². The van der Waals surface area contributed by atoms with Crippen LogP contribution in [0.3, 0.4) is 0 Å². The summed E-state index contributed by atoms with van der Waals surface area (Å²) in [5.74, 6) is -0.539. The van der Waals surface area contributed by atoms with Crippen LogP contribution in [0.4, 0.5) is 4.79 Å². The van der Waals surface area contributed by atoms with Crippen LogP contribution in [0.1, 0.15) is 31.7 Å². The minimum Gasteiger partial charge on any atom is -0.480 e. The third-order valence-electron chi connectivity index (χ3n) is 4.03. The molecule has 2 amide bonds. The molecule has 1 aliphatic rings. The number of amides is 2. The zero-order valence-corrected chi connectivity index (χ0v) is 12.2. The molecule has 0 aromatic carbocycles. The Morgan fingerprint density at radius 2 is 2.14 bits per heavy atom. The van der Waals surface area contributed by atoms with E-state index in [0.29, 0.717) is 25.4 Å². The number of carbonyl (C=O) groups excluding carboxylic acids is 1. The van der Waals surface area contributed by atoms with Crippen molar-refractivity contribution in [3.05, 3.63) is 30.1 Å². The van der Waals surface area contributed by atoms with Gasteiger partial charge >= 0.3 is 12.0 Å². The fraction of sp³-hybridized carbons (Fsp3) is 0.533. The maximum atomic E-state index is 12.2. The van der Waals surface area contributed by atoms with Gasteiger partial charge in [0.05, 0.1) is 0 Å². The summed E-state index contributed by atoms with van der Waals surface area (Å²) >= 11 is 0. The fourth-order valence-corrected chi connectivity index (χ4v) is 2.67. The summed E-state index contributed by atoms with van der Waals surface area (Å²) in [6, 6.07) is 2.60. The lowest BCUT2D eigenvalue weighted by Crippen LogP contribution is -2.53. The van der Waals surface area contributed by atoms with E-state index in [0.717, 1.165) is 18.4 Å². The SMILES string of the molecule is CCC1CCN(C(=O)NCc2ccncc2)C(C(=O)O)C1. The van der Waals surface area contributed by atoms with Gasteiger partial charge in [0.1, 0.15) is 6.04 Å². The van der Waals surface area contributed by atoms with Crippen molar-refractivity contribution in [2.24, 2.45) is 5.92 Å². The smallest absolute Gasteiger partial charge is 0.326 e. The van der Waals surface area contributed by atoms with Crippen molar-refractivity contribution in [1.82, 2.24) is 15.2 Å². The monoisotopic (exact) mass is 291 g/mol. The van der Waals surface area contributed by atoms with E-state index in [2.05, 4.69) is 17.2 Å². The number of nitrogens with zero attached hydrogens (tertiary/aromatic N) is 2.